The van der Waals surface area contributed by atoms with Gasteiger partial charge in [-0.05, 0) is 48.8 Å². The van der Waals surface area contributed by atoms with Crippen LogP contribution in [0.15, 0.2) is 48.7 Å². The molecule has 3 nitrogen and oxygen atoms in total. The topological polar surface area (TPSA) is 49.9 Å². The number of allylic oxidation sites excluding steroid dienone is 2. The Labute approximate surface area is 133 Å². The van der Waals surface area contributed by atoms with E-state index in [0.717, 1.165) is 33.2 Å². The number of benzene rings is 2. The Morgan fingerprint density at radius 1 is 0.870 bits per heavy atom. The van der Waals surface area contributed by atoms with Gasteiger partial charge in [-0.3, -0.25) is 9.59 Å². The largest absolute Gasteiger partial charge is 0.361 e. The molecule has 1 aromatic heterocycles. The van der Waals surface area contributed by atoms with Crippen LogP contribution in [0.4, 0.5) is 0 Å². The molecule has 0 spiro atoms. The first-order chi connectivity index (χ1) is 11.1. The van der Waals surface area contributed by atoms with E-state index in [1.165, 1.54) is 12.2 Å². The molecule has 1 aliphatic carbocycles. The zero-order valence-corrected chi connectivity index (χ0v) is 12.9. The zero-order chi connectivity index (χ0) is 16.1. The number of H-pyrrole nitrogens is 1. The van der Waals surface area contributed by atoms with E-state index in [4.69, 9.17) is 0 Å². The minimum absolute atomic E-state index is 0.0955. The Bertz CT molecular complexity index is 1020. The van der Waals surface area contributed by atoms with Gasteiger partial charge < -0.3 is 4.98 Å². The SMILES string of the molecule is Cc1cc(-c2c[nH]c3ccccc23)c2c(c1C)C(=O)C=CC2=O. The molecule has 0 radical (unpaired) electrons. The molecule has 2 aromatic carbocycles. The molecule has 0 amide bonds. The summed E-state index contributed by atoms with van der Waals surface area (Å²) in [5.74, 6) is -0.204. The van der Waals surface area contributed by atoms with Gasteiger partial charge in [-0.25, -0.2) is 0 Å². The minimum atomic E-state index is -0.108. The first-order valence-electron chi connectivity index (χ1n) is 7.55. The van der Waals surface area contributed by atoms with Crippen molar-refractivity contribution in [3.63, 3.8) is 0 Å². The van der Waals surface area contributed by atoms with E-state index in [2.05, 4.69) is 4.98 Å². The fourth-order valence-electron chi connectivity index (χ4n) is 3.31. The molecule has 1 N–H and O–H groups in total. The Balaban J connectivity index is 2.12. The van der Waals surface area contributed by atoms with Crippen LogP contribution < -0.4 is 0 Å². The van der Waals surface area contributed by atoms with E-state index in [1.807, 2.05) is 50.4 Å². The first-order valence-corrected chi connectivity index (χ1v) is 7.55. The number of para-hydroxylation sites is 1. The molecular formula is C20H15NO2. The third-order valence-corrected chi connectivity index (χ3v) is 4.60. The molecule has 0 atom stereocenters. The van der Waals surface area contributed by atoms with Crippen LogP contribution >= 0.6 is 0 Å². The maximum atomic E-state index is 12.5. The maximum absolute atomic E-state index is 12.5. The fourth-order valence-corrected chi connectivity index (χ4v) is 3.31. The van der Waals surface area contributed by atoms with Crippen molar-refractivity contribution in [2.45, 2.75) is 13.8 Å². The van der Waals surface area contributed by atoms with Gasteiger partial charge in [0.15, 0.2) is 11.6 Å². The number of carbonyl (C=O) groups is 2. The lowest BCUT2D eigenvalue weighted by molar-refractivity contribution is 0.0994. The summed E-state index contributed by atoms with van der Waals surface area (Å²) in [6.07, 6.45) is 4.65. The summed E-state index contributed by atoms with van der Waals surface area (Å²) in [5, 5.41) is 1.05. The van der Waals surface area contributed by atoms with Crippen molar-refractivity contribution < 1.29 is 9.59 Å². The smallest absolute Gasteiger partial charge is 0.187 e. The molecule has 0 fully saturated rings. The summed E-state index contributed by atoms with van der Waals surface area (Å²) in [5.41, 5.74) is 5.74. The highest BCUT2D eigenvalue weighted by Crippen LogP contribution is 2.37. The van der Waals surface area contributed by atoms with Crippen molar-refractivity contribution >= 4 is 22.5 Å². The van der Waals surface area contributed by atoms with Gasteiger partial charge >= 0.3 is 0 Å². The second-order valence-corrected chi connectivity index (χ2v) is 5.93. The van der Waals surface area contributed by atoms with Crippen LogP contribution in [0.5, 0.6) is 0 Å². The molecule has 0 saturated heterocycles. The highest BCUT2D eigenvalue weighted by Gasteiger charge is 2.26. The zero-order valence-electron chi connectivity index (χ0n) is 12.9. The number of carbonyl (C=O) groups excluding carboxylic acids is 2. The highest BCUT2D eigenvalue weighted by molar-refractivity contribution is 6.25. The van der Waals surface area contributed by atoms with Crippen LogP contribution in [0, 0.1) is 13.8 Å². The summed E-state index contributed by atoms with van der Waals surface area (Å²) < 4.78 is 0. The molecule has 0 saturated carbocycles. The van der Waals surface area contributed by atoms with Gasteiger partial charge in [0.25, 0.3) is 0 Å². The van der Waals surface area contributed by atoms with E-state index in [0.29, 0.717) is 11.1 Å². The lowest BCUT2D eigenvalue weighted by atomic mass is 9.83. The number of fused-ring (bicyclic) bond motifs is 2. The molecule has 3 heteroatoms. The summed E-state index contributed by atoms with van der Waals surface area (Å²) >= 11 is 0. The lowest BCUT2D eigenvalue weighted by Crippen LogP contribution is -2.15. The molecule has 23 heavy (non-hydrogen) atoms. The fraction of sp³-hybridized carbons (Fsp3) is 0.100. The molecule has 112 valence electrons. The Kier molecular flexibility index (Phi) is 2.85. The molecule has 1 aliphatic rings. The van der Waals surface area contributed by atoms with Crippen molar-refractivity contribution in [2.75, 3.05) is 0 Å². The van der Waals surface area contributed by atoms with Crippen molar-refractivity contribution in [1.29, 1.82) is 0 Å². The van der Waals surface area contributed by atoms with Crippen LogP contribution in [0.1, 0.15) is 31.8 Å². The quantitative estimate of drug-likeness (QED) is 0.725. The van der Waals surface area contributed by atoms with E-state index in [-0.39, 0.29) is 11.6 Å². The normalized spacial score (nSPS) is 13.7. The number of nitrogens with one attached hydrogen (secondary N) is 1. The predicted molar refractivity (Wildman–Crippen MR) is 91.0 cm³/mol. The highest BCUT2D eigenvalue weighted by atomic mass is 16.1. The van der Waals surface area contributed by atoms with E-state index < -0.39 is 0 Å². The monoisotopic (exact) mass is 301 g/mol. The molecular weight excluding hydrogens is 286 g/mol. The van der Waals surface area contributed by atoms with Gasteiger partial charge in [0.05, 0.1) is 0 Å². The van der Waals surface area contributed by atoms with Gasteiger partial charge in [0.1, 0.15) is 0 Å². The lowest BCUT2D eigenvalue weighted by Gasteiger charge is -2.18. The van der Waals surface area contributed by atoms with Gasteiger partial charge in [-0.2, -0.15) is 0 Å². The third-order valence-electron chi connectivity index (χ3n) is 4.60. The summed E-state index contributed by atoms with van der Waals surface area (Å²) in [4.78, 5) is 28.1. The Morgan fingerprint density at radius 2 is 1.57 bits per heavy atom. The van der Waals surface area contributed by atoms with E-state index in [1.54, 1.807) is 0 Å². The average Bonchev–Trinajstić information content (AvgIpc) is 2.97. The molecule has 0 aliphatic heterocycles. The Hall–Kier alpha value is -2.94. The van der Waals surface area contributed by atoms with Gasteiger partial charge in [0, 0.05) is 33.8 Å². The van der Waals surface area contributed by atoms with Crippen molar-refractivity contribution in [1.82, 2.24) is 4.98 Å². The van der Waals surface area contributed by atoms with E-state index in [9.17, 15) is 9.59 Å². The average molecular weight is 301 g/mol. The number of rotatable bonds is 1. The third kappa shape index (κ3) is 1.90. The minimum Gasteiger partial charge on any atom is -0.361 e. The van der Waals surface area contributed by atoms with Crippen molar-refractivity contribution in [2.24, 2.45) is 0 Å². The molecule has 1 heterocycles. The second kappa shape index (κ2) is 4.78. The number of hydrogen-bond donors (Lipinski definition) is 1. The molecule has 3 aromatic rings. The van der Waals surface area contributed by atoms with Crippen LogP contribution in [0.2, 0.25) is 0 Å². The Morgan fingerprint density at radius 3 is 2.35 bits per heavy atom. The number of hydrogen-bond acceptors (Lipinski definition) is 2. The number of aryl methyl sites for hydroxylation is 1. The van der Waals surface area contributed by atoms with Crippen molar-refractivity contribution in [3.8, 4) is 11.1 Å². The van der Waals surface area contributed by atoms with Gasteiger partial charge in [0.2, 0.25) is 0 Å². The summed E-state index contributed by atoms with van der Waals surface area (Å²) in [6.45, 7) is 3.88. The van der Waals surface area contributed by atoms with E-state index >= 15 is 0 Å². The first kappa shape index (κ1) is 13.7. The molecule has 4 rings (SSSR count). The molecule has 0 bridgehead atoms. The number of aromatic nitrogens is 1. The molecule has 0 unspecified atom stereocenters. The van der Waals surface area contributed by atoms with Crippen molar-refractivity contribution in [3.05, 3.63) is 70.9 Å². The number of ketones is 2. The summed E-state index contributed by atoms with van der Waals surface area (Å²) in [6, 6.07) is 9.97. The summed E-state index contributed by atoms with van der Waals surface area (Å²) in [7, 11) is 0. The second-order valence-electron chi connectivity index (χ2n) is 5.93. The van der Waals surface area contributed by atoms with Gasteiger partial charge in [-0.1, -0.05) is 24.3 Å². The van der Waals surface area contributed by atoms with Crippen LogP contribution in [0.3, 0.4) is 0 Å². The maximum Gasteiger partial charge on any atom is 0.187 e. The predicted octanol–water partition coefficient (Wildman–Crippen LogP) is 4.39. The van der Waals surface area contributed by atoms with Gasteiger partial charge in [-0.15, -0.1) is 0 Å². The van der Waals surface area contributed by atoms with Crippen LogP contribution in [0.25, 0.3) is 22.0 Å². The standard InChI is InChI=1S/C20H15NO2/c1-11-9-14(15-10-21-16-6-4-3-5-13(15)16)20-18(23)8-7-17(22)19(20)12(11)2/h3-10,21H,1-2H3. The van der Waals surface area contributed by atoms with Crippen LogP contribution in [-0.2, 0) is 0 Å². The van der Waals surface area contributed by atoms with Crippen LogP contribution in [-0.4, -0.2) is 16.6 Å². The number of aromatic amines is 1.